The Hall–Kier alpha value is -1.06. The van der Waals surface area contributed by atoms with Gasteiger partial charge < -0.3 is 9.80 Å². The van der Waals surface area contributed by atoms with E-state index in [1.165, 1.54) is 25.7 Å². The lowest BCUT2D eigenvalue weighted by atomic mass is 9.49. The zero-order valence-electron chi connectivity index (χ0n) is 15.4. The molecule has 1 saturated heterocycles. The summed E-state index contributed by atoms with van der Waals surface area (Å²) >= 11 is 0. The second-order valence-electron chi connectivity index (χ2n) is 9.80. The molecule has 5 aliphatic carbocycles. The Balaban J connectivity index is 1.26. The third-order valence-electron chi connectivity index (χ3n) is 8.04. The van der Waals surface area contributed by atoms with Gasteiger partial charge in [-0.15, -0.1) is 0 Å². The van der Waals surface area contributed by atoms with Crippen LogP contribution in [0.1, 0.15) is 64.2 Å². The van der Waals surface area contributed by atoms with Crippen molar-refractivity contribution < 1.29 is 9.59 Å². The second-order valence-corrected chi connectivity index (χ2v) is 9.80. The second kappa shape index (κ2) is 5.99. The van der Waals surface area contributed by atoms with E-state index >= 15 is 0 Å². The summed E-state index contributed by atoms with van der Waals surface area (Å²) in [5.41, 5.74) is -0.0259. The van der Waals surface area contributed by atoms with Crippen molar-refractivity contribution in [1.82, 2.24) is 9.80 Å². The molecule has 138 valence electrons. The standard InChI is InChI=1S/C21H32N2O2/c24-19(18-3-1-4-18)22-5-2-6-23(8-7-22)20(25)21-12-15-9-16(13-21)11-17(10-15)14-21/h15-18H,1-14H2. The van der Waals surface area contributed by atoms with Crippen LogP contribution in [0.25, 0.3) is 0 Å². The van der Waals surface area contributed by atoms with Crippen LogP contribution in [0.2, 0.25) is 0 Å². The molecule has 0 atom stereocenters. The van der Waals surface area contributed by atoms with Gasteiger partial charge in [0.2, 0.25) is 11.8 Å². The molecule has 0 aromatic rings. The van der Waals surface area contributed by atoms with Crippen LogP contribution in [-0.4, -0.2) is 47.8 Å². The first-order chi connectivity index (χ1) is 12.1. The molecule has 0 unspecified atom stereocenters. The van der Waals surface area contributed by atoms with E-state index in [1.54, 1.807) is 0 Å². The van der Waals surface area contributed by atoms with Gasteiger partial charge in [0.25, 0.3) is 0 Å². The number of hydrogen-bond donors (Lipinski definition) is 0. The molecule has 4 bridgehead atoms. The van der Waals surface area contributed by atoms with Gasteiger partial charge >= 0.3 is 0 Å². The Labute approximate surface area is 151 Å². The molecule has 1 aliphatic heterocycles. The Morgan fingerprint density at radius 3 is 1.84 bits per heavy atom. The summed E-state index contributed by atoms with van der Waals surface area (Å²) < 4.78 is 0. The molecule has 6 aliphatic rings. The Kier molecular flexibility index (Phi) is 3.87. The van der Waals surface area contributed by atoms with Gasteiger partial charge in [-0.05, 0) is 75.5 Å². The molecule has 0 aromatic heterocycles. The molecule has 1 heterocycles. The Bertz CT molecular complexity index is 533. The topological polar surface area (TPSA) is 40.6 Å². The van der Waals surface area contributed by atoms with E-state index in [-0.39, 0.29) is 11.3 Å². The molecule has 6 fully saturated rings. The highest BCUT2D eigenvalue weighted by molar-refractivity contribution is 5.84. The number of carbonyl (C=O) groups excluding carboxylic acids is 2. The van der Waals surface area contributed by atoms with Crippen LogP contribution >= 0.6 is 0 Å². The molecule has 6 rings (SSSR count). The fourth-order valence-corrected chi connectivity index (χ4v) is 6.96. The van der Waals surface area contributed by atoms with Crippen molar-refractivity contribution in [3.63, 3.8) is 0 Å². The van der Waals surface area contributed by atoms with Crippen molar-refractivity contribution in [1.29, 1.82) is 0 Å². The highest BCUT2D eigenvalue weighted by atomic mass is 16.2. The molecule has 4 nitrogen and oxygen atoms in total. The molecule has 25 heavy (non-hydrogen) atoms. The molecular weight excluding hydrogens is 312 g/mol. The lowest BCUT2D eigenvalue weighted by Gasteiger charge is -2.56. The van der Waals surface area contributed by atoms with Crippen LogP contribution in [-0.2, 0) is 9.59 Å². The van der Waals surface area contributed by atoms with E-state index in [4.69, 9.17) is 0 Å². The summed E-state index contributed by atoms with van der Waals surface area (Å²) in [5.74, 6) is 3.54. The van der Waals surface area contributed by atoms with Crippen molar-refractivity contribution in [2.45, 2.75) is 64.2 Å². The molecule has 0 aromatic carbocycles. The van der Waals surface area contributed by atoms with Gasteiger partial charge in [-0.1, -0.05) is 6.42 Å². The molecule has 5 saturated carbocycles. The van der Waals surface area contributed by atoms with Crippen molar-refractivity contribution in [2.75, 3.05) is 26.2 Å². The Morgan fingerprint density at radius 2 is 1.28 bits per heavy atom. The van der Waals surface area contributed by atoms with E-state index < -0.39 is 0 Å². The fraction of sp³-hybridized carbons (Fsp3) is 0.905. The van der Waals surface area contributed by atoms with Crippen molar-refractivity contribution >= 4 is 11.8 Å². The minimum Gasteiger partial charge on any atom is -0.341 e. The van der Waals surface area contributed by atoms with Crippen LogP contribution in [0.3, 0.4) is 0 Å². The summed E-state index contributed by atoms with van der Waals surface area (Å²) in [6.45, 7) is 3.22. The molecular formula is C21H32N2O2. The molecule has 0 spiro atoms. The number of amides is 2. The SMILES string of the molecule is O=C(C1CCC1)N1CCCN(C(=O)C23CC4CC(CC(C4)C2)C3)CC1. The highest BCUT2D eigenvalue weighted by Gasteiger charge is 2.55. The average Bonchev–Trinajstić information content (AvgIpc) is 2.77. The van der Waals surface area contributed by atoms with Crippen molar-refractivity contribution in [3.8, 4) is 0 Å². The maximum atomic E-state index is 13.5. The summed E-state index contributed by atoms with van der Waals surface area (Å²) in [6, 6.07) is 0. The van der Waals surface area contributed by atoms with E-state index in [0.717, 1.165) is 82.5 Å². The van der Waals surface area contributed by atoms with E-state index in [0.29, 0.717) is 11.8 Å². The summed E-state index contributed by atoms with van der Waals surface area (Å²) in [7, 11) is 0. The predicted molar refractivity (Wildman–Crippen MR) is 95.7 cm³/mol. The number of rotatable bonds is 2. The molecule has 0 radical (unpaired) electrons. The van der Waals surface area contributed by atoms with Gasteiger partial charge in [-0.25, -0.2) is 0 Å². The minimum atomic E-state index is -0.0259. The number of nitrogens with zero attached hydrogens (tertiary/aromatic N) is 2. The van der Waals surface area contributed by atoms with E-state index in [1.807, 2.05) is 0 Å². The smallest absolute Gasteiger partial charge is 0.228 e. The minimum absolute atomic E-state index is 0.0259. The first-order valence-corrected chi connectivity index (χ1v) is 10.7. The Morgan fingerprint density at radius 1 is 0.720 bits per heavy atom. The van der Waals surface area contributed by atoms with Gasteiger partial charge in [0.15, 0.2) is 0 Å². The maximum absolute atomic E-state index is 13.5. The maximum Gasteiger partial charge on any atom is 0.228 e. The largest absolute Gasteiger partial charge is 0.341 e. The highest BCUT2D eigenvalue weighted by Crippen LogP contribution is 2.60. The van der Waals surface area contributed by atoms with Crippen LogP contribution < -0.4 is 0 Å². The normalized spacial score (nSPS) is 40.7. The summed E-state index contributed by atoms with van der Waals surface area (Å²) in [6.07, 6.45) is 11.9. The zero-order chi connectivity index (χ0) is 17.0. The van der Waals surface area contributed by atoms with E-state index in [2.05, 4.69) is 9.80 Å². The lowest BCUT2D eigenvalue weighted by molar-refractivity contribution is -0.157. The van der Waals surface area contributed by atoms with Crippen LogP contribution in [0.5, 0.6) is 0 Å². The van der Waals surface area contributed by atoms with Crippen molar-refractivity contribution in [3.05, 3.63) is 0 Å². The monoisotopic (exact) mass is 344 g/mol. The quantitative estimate of drug-likeness (QED) is 0.772. The molecule has 4 heteroatoms. The first-order valence-electron chi connectivity index (χ1n) is 10.7. The average molecular weight is 344 g/mol. The van der Waals surface area contributed by atoms with Gasteiger partial charge in [0.05, 0.1) is 5.41 Å². The predicted octanol–water partition coefficient (Wildman–Crippen LogP) is 3.06. The number of hydrogen-bond acceptors (Lipinski definition) is 2. The third-order valence-corrected chi connectivity index (χ3v) is 8.04. The molecule has 2 amide bonds. The van der Waals surface area contributed by atoms with Crippen LogP contribution in [0, 0.1) is 29.1 Å². The number of carbonyl (C=O) groups is 2. The fourth-order valence-electron chi connectivity index (χ4n) is 6.96. The van der Waals surface area contributed by atoms with Gasteiger partial charge in [0.1, 0.15) is 0 Å². The van der Waals surface area contributed by atoms with Gasteiger partial charge in [-0.3, -0.25) is 9.59 Å². The van der Waals surface area contributed by atoms with Crippen LogP contribution in [0.4, 0.5) is 0 Å². The van der Waals surface area contributed by atoms with Crippen molar-refractivity contribution in [2.24, 2.45) is 29.1 Å². The molecule has 0 N–H and O–H groups in total. The third kappa shape index (κ3) is 2.71. The summed E-state index contributed by atoms with van der Waals surface area (Å²) in [4.78, 5) is 30.3. The summed E-state index contributed by atoms with van der Waals surface area (Å²) in [5, 5.41) is 0. The zero-order valence-corrected chi connectivity index (χ0v) is 15.4. The first kappa shape index (κ1) is 16.1. The van der Waals surface area contributed by atoms with E-state index in [9.17, 15) is 9.59 Å². The van der Waals surface area contributed by atoms with Crippen LogP contribution in [0.15, 0.2) is 0 Å². The van der Waals surface area contributed by atoms with Gasteiger partial charge in [0, 0.05) is 32.1 Å². The lowest BCUT2D eigenvalue weighted by Crippen LogP contribution is -2.55. The van der Waals surface area contributed by atoms with Gasteiger partial charge in [-0.2, -0.15) is 0 Å².